The number of nitrogens with one attached hydrogen (secondary N) is 1. The Morgan fingerprint density at radius 2 is 1.58 bits per heavy atom. The van der Waals surface area contributed by atoms with Crippen LogP contribution in [0, 0.1) is 0 Å². The summed E-state index contributed by atoms with van der Waals surface area (Å²) in [6, 6.07) is 20.9. The minimum absolute atomic E-state index is 0.117. The number of anilines is 2. The number of hydrogen-bond acceptors (Lipinski definition) is 5. The van der Waals surface area contributed by atoms with Gasteiger partial charge in [0.25, 0.3) is 10.0 Å². The summed E-state index contributed by atoms with van der Waals surface area (Å²) in [6.07, 6.45) is -0.0391. The van der Waals surface area contributed by atoms with Crippen LogP contribution in [0.4, 0.5) is 11.4 Å². The second kappa shape index (κ2) is 11.7. The monoisotopic (exact) mass is 507 g/mol. The Morgan fingerprint density at radius 1 is 0.970 bits per heavy atom. The van der Waals surface area contributed by atoms with Crippen molar-refractivity contribution in [2.24, 2.45) is 5.73 Å². The van der Waals surface area contributed by atoms with E-state index < -0.39 is 16.3 Å². The fraction of sp³-hybridized carbons (Fsp3) is 0.250. The molecule has 0 aliphatic heterocycles. The summed E-state index contributed by atoms with van der Waals surface area (Å²) in [7, 11) is -3.95. The van der Waals surface area contributed by atoms with Crippen LogP contribution in [0.15, 0.2) is 77.7 Å². The minimum atomic E-state index is -3.95. The Morgan fingerprint density at radius 3 is 2.21 bits per heavy atom. The first kappa shape index (κ1) is 25.3. The van der Waals surface area contributed by atoms with Gasteiger partial charge in [-0.1, -0.05) is 47.5 Å². The van der Waals surface area contributed by atoms with Crippen molar-refractivity contribution in [2.45, 2.75) is 24.5 Å². The second-order valence-corrected chi connectivity index (χ2v) is 10.0. The molecule has 0 amide bonds. The van der Waals surface area contributed by atoms with Gasteiger partial charge in [-0.25, -0.2) is 12.7 Å². The number of hydrogen-bond donors (Lipinski definition) is 2. The first-order valence-corrected chi connectivity index (χ1v) is 12.7. The van der Waals surface area contributed by atoms with E-state index in [1.165, 1.54) is 16.4 Å². The summed E-state index contributed by atoms with van der Waals surface area (Å²) in [6.45, 7) is 2.79. The maximum absolute atomic E-state index is 13.7. The van der Waals surface area contributed by atoms with Crippen LogP contribution in [0.1, 0.15) is 12.5 Å². The number of ether oxygens (including phenoxy) is 1. The van der Waals surface area contributed by atoms with E-state index >= 15 is 0 Å². The van der Waals surface area contributed by atoms with Crippen molar-refractivity contribution in [3.8, 4) is 0 Å². The first-order valence-electron chi connectivity index (χ1n) is 10.5. The summed E-state index contributed by atoms with van der Waals surface area (Å²) in [5.41, 5.74) is 7.86. The van der Waals surface area contributed by atoms with Crippen LogP contribution in [-0.4, -0.2) is 34.3 Å². The van der Waals surface area contributed by atoms with Crippen molar-refractivity contribution in [1.29, 1.82) is 0 Å². The van der Waals surface area contributed by atoms with Crippen LogP contribution in [0.5, 0.6) is 0 Å². The Bertz CT molecular complexity index is 1140. The van der Waals surface area contributed by atoms with E-state index in [-0.39, 0.29) is 18.0 Å². The highest BCUT2D eigenvalue weighted by atomic mass is 35.5. The van der Waals surface area contributed by atoms with E-state index in [2.05, 4.69) is 5.32 Å². The van der Waals surface area contributed by atoms with Gasteiger partial charge in [-0.05, 0) is 67.4 Å². The van der Waals surface area contributed by atoms with E-state index in [1.807, 2.05) is 36.4 Å². The van der Waals surface area contributed by atoms with Gasteiger partial charge in [-0.15, -0.1) is 0 Å². The third-order valence-corrected chi connectivity index (χ3v) is 7.34. The Balaban J connectivity index is 1.91. The molecular formula is C24H27Cl2N3O3S. The van der Waals surface area contributed by atoms with Gasteiger partial charge in [0.2, 0.25) is 0 Å². The molecule has 1 unspecified atom stereocenters. The van der Waals surface area contributed by atoms with Crippen LogP contribution < -0.4 is 15.4 Å². The third-order valence-electron chi connectivity index (χ3n) is 4.96. The lowest BCUT2D eigenvalue weighted by Gasteiger charge is -2.32. The van der Waals surface area contributed by atoms with Gasteiger partial charge in [0.15, 0.2) is 0 Å². The number of para-hydroxylation sites is 2. The standard InChI is InChI=1S/C24H27Cl2N3O3S/c1-18(32-17-15-27)29(33(30,31)22-12-10-21(26)11-13-22)24-5-3-2-4-23(24)28-16-14-19-6-8-20(25)9-7-19/h2-13,18,28H,14-17,27H2,1H3. The smallest absolute Gasteiger partial charge is 0.266 e. The molecule has 3 aromatic rings. The zero-order valence-electron chi connectivity index (χ0n) is 18.2. The van der Waals surface area contributed by atoms with Crippen molar-refractivity contribution in [3.63, 3.8) is 0 Å². The van der Waals surface area contributed by atoms with E-state index in [9.17, 15) is 8.42 Å². The highest BCUT2D eigenvalue weighted by Crippen LogP contribution is 2.33. The third kappa shape index (κ3) is 6.62. The fourth-order valence-electron chi connectivity index (χ4n) is 3.36. The molecule has 6 nitrogen and oxygen atoms in total. The molecule has 0 spiro atoms. The van der Waals surface area contributed by atoms with E-state index in [0.29, 0.717) is 28.0 Å². The summed E-state index contributed by atoms with van der Waals surface area (Å²) in [4.78, 5) is 0.117. The Kier molecular flexibility index (Phi) is 9.00. The zero-order chi connectivity index (χ0) is 23.8. The summed E-state index contributed by atoms with van der Waals surface area (Å²) in [5.74, 6) is 0. The lowest BCUT2D eigenvalue weighted by molar-refractivity contribution is 0.0802. The molecular weight excluding hydrogens is 481 g/mol. The zero-order valence-corrected chi connectivity index (χ0v) is 20.6. The largest absolute Gasteiger partial charge is 0.383 e. The number of nitrogens with two attached hydrogens (primary N) is 1. The average Bonchev–Trinajstić information content (AvgIpc) is 2.80. The quantitative estimate of drug-likeness (QED) is 0.350. The van der Waals surface area contributed by atoms with Crippen LogP contribution in [0.3, 0.4) is 0 Å². The fourth-order valence-corrected chi connectivity index (χ4v) is 5.18. The summed E-state index contributed by atoms with van der Waals surface area (Å²) < 4.78 is 34.3. The molecule has 3 N–H and O–H groups in total. The van der Waals surface area contributed by atoms with Crippen LogP contribution in [0.25, 0.3) is 0 Å². The van der Waals surface area contributed by atoms with Gasteiger partial charge in [-0.2, -0.15) is 0 Å². The first-order chi connectivity index (χ1) is 15.8. The molecule has 0 bridgehead atoms. The topological polar surface area (TPSA) is 84.7 Å². The van der Waals surface area contributed by atoms with Crippen LogP contribution in [-0.2, 0) is 21.2 Å². The highest BCUT2D eigenvalue weighted by Gasteiger charge is 2.31. The van der Waals surface area contributed by atoms with Gasteiger partial charge in [-0.3, -0.25) is 0 Å². The normalized spacial score (nSPS) is 12.4. The molecule has 0 fully saturated rings. The molecule has 0 aromatic heterocycles. The lowest BCUT2D eigenvalue weighted by atomic mass is 10.1. The predicted molar refractivity (Wildman–Crippen MR) is 136 cm³/mol. The van der Waals surface area contributed by atoms with Crippen molar-refractivity contribution in [2.75, 3.05) is 29.3 Å². The molecule has 0 aliphatic carbocycles. The minimum Gasteiger partial charge on any atom is -0.383 e. The number of sulfonamides is 1. The van der Waals surface area contributed by atoms with Gasteiger partial charge in [0.05, 0.1) is 22.9 Å². The molecule has 1 atom stereocenters. The van der Waals surface area contributed by atoms with E-state index in [1.54, 1.807) is 31.2 Å². The number of halogens is 2. The maximum atomic E-state index is 13.7. The predicted octanol–water partition coefficient (Wildman–Crippen LogP) is 5.16. The van der Waals surface area contributed by atoms with Crippen LogP contribution in [0.2, 0.25) is 10.0 Å². The molecule has 0 aliphatic rings. The maximum Gasteiger partial charge on any atom is 0.266 e. The summed E-state index contributed by atoms with van der Waals surface area (Å²) in [5, 5.41) is 4.50. The van der Waals surface area contributed by atoms with Crippen molar-refractivity contribution in [1.82, 2.24) is 0 Å². The van der Waals surface area contributed by atoms with Crippen LogP contribution >= 0.6 is 23.2 Å². The number of rotatable bonds is 11. The SMILES string of the molecule is CC(OCCN)N(c1ccccc1NCCc1ccc(Cl)cc1)S(=O)(=O)c1ccc(Cl)cc1. The lowest BCUT2D eigenvalue weighted by Crippen LogP contribution is -2.41. The van der Waals surface area contributed by atoms with E-state index in [0.717, 1.165) is 12.0 Å². The Labute approximate surface area is 205 Å². The van der Waals surface area contributed by atoms with Gasteiger partial charge in [0, 0.05) is 23.1 Å². The molecule has 0 saturated carbocycles. The number of nitrogens with zero attached hydrogens (tertiary/aromatic N) is 1. The van der Waals surface area contributed by atoms with Crippen molar-refractivity contribution < 1.29 is 13.2 Å². The average molecular weight is 508 g/mol. The van der Waals surface area contributed by atoms with Gasteiger partial charge in [0.1, 0.15) is 6.23 Å². The molecule has 3 rings (SSSR count). The molecule has 33 heavy (non-hydrogen) atoms. The van der Waals surface area contributed by atoms with Gasteiger partial charge >= 0.3 is 0 Å². The molecule has 176 valence electrons. The Hall–Kier alpha value is -2.29. The number of benzene rings is 3. The molecule has 0 saturated heterocycles. The van der Waals surface area contributed by atoms with Crippen molar-refractivity contribution >= 4 is 44.6 Å². The van der Waals surface area contributed by atoms with Gasteiger partial charge < -0.3 is 15.8 Å². The molecule has 9 heteroatoms. The summed E-state index contributed by atoms with van der Waals surface area (Å²) >= 11 is 11.9. The molecule has 0 heterocycles. The molecule has 3 aromatic carbocycles. The molecule has 0 radical (unpaired) electrons. The highest BCUT2D eigenvalue weighted by molar-refractivity contribution is 7.92. The van der Waals surface area contributed by atoms with E-state index in [4.69, 9.17) is 33.7 Å². The van der Waals surface area contributed by atoms with Crippen molar-refractivity contribution in [3.05, 3.63) is 88.4 Å². The second-order valence-electron chi connectivity index (χ2n) is 7.33.